The second kappa shape index (κ2) is 7.53. The lowest BCUT2D eigenvalue weighted by molar-refractivity contribution is -0.140. The predicted molar refractivity (Wildman–Crippen MR) is 93.9 cm³/mol. The van der Waals surface area contributed by atoms with E-state index in [1.165, 1.54) is 27.4 Å². The number of benzene rings is 2. The Hall–Kier alpha value is -3.29. The molecule has 144 valence electrons. The average molecular weight is 376 g/mol. The normalized spacial score (nSPS) is 13.1. The van der Waals surface area contributed by atoms with Crippen LogP contribution in [-0.4, -0.2) is 44.3 Å². The smallest absolute Gasteiger partial charge is 0.306 e. The van der Waals surface area contributed by atoms with Crippen LogP contribution in [0.15, 0.2) is 24.3 Å². The monoisotopic (exact) mass is 376 g/mol. The summed E-state index contributed by atoms with van der Waals surface area (Å²) >= 11 is 0. The van der Waals surface area contributed by atoms with Gasteiger partial charge in [0.1, 0.15) is 5.75 Å². The Kier molecular flexibility index (Phi) is 5.16. The van der Waals surface area contributed by atoms with Gasteiger partial charge in [0, 0.05) is 17.5 Å². The van der Waals surface area contributed by atoms with Crippen LogP contribution in [0.3, 0.4) is 0 Å². The van der Waals surface area contributed by atoms with Crippen molar-refractivity contribution in [1.29, 1.82) is 0 Å². The van der Waals surface area contributed by atoms with Crippen LogP contribution < -0.4 is 18.9 Å². The van der Waals surface area contributed by atoms with E-state index in [1.54, 1.807) is 18.2 Å². The first-order chi connectivity index (χ1) is 13.0. The molecule has 0 spiro atoms. The molecule has 2 aromatic carbocycles. The summed E-state index contributed by atoms with van der Waals surface area (Å²) in [5.41, 5.74) is 1.03. The fourth-order valence-corrected chi connectivity index (χ4v) is 3.00. The van der Waals surface area contributed by atoms with Crippen molar-refractivity contribution >= 4 is 5.97 Å². The molecule has 3 rings (SSSR count). The number of hydrogen-bond acceptors (Lipinski definition) is 8. The van der Waals surface area contributed by atoms with E-state index in [9.17, 15) is 15.0 Å². The van der Waals surface area contributed by atoms with Gasteiger partial charge in [0.05, 0.1) is 27.8 Å². The Bertz CT molecular complexity index is 836. The van der Waals surface area contributed by atoms with Crippen LogP contribution in [0.25, 0.3) is 0 Å². The highest BCUT2D eigenvalue weighted by molar-refractivity contribution is 5.72. The van der Waals surface area contributed by atoms with Crippen molar-refractivity contribution in [2.75, 3.05) is 28.1 Å². The Morgan fingerprint density at radius 3 is 2.19 bits per heavy atom. The lowest BCUT2D eigenvalue weighted by Gasteiger charge is -2.20. The Balaban J connectivity index is 2.14. The van der Waals surface area contributed by atoms with Crippen LogP contribution in [-0.2, 0) is 9.53 Å². The van der Waals surface area contributed by atoms with Crippen molar-refractivity contribution in [3.05, 3.63) is 35.4 Å². The number of aromatic hydroxyl groups is 2. The summed E-state index contributed by atoms with van der Waals surface area (Å²) in [7, 11) is 4.11. The van der Waals surface area contributed by atoms with E-state index >= 15 is 0 Å². The molecular weight excluding hydrogens is 356 g/mol. The second-order valence-corrected chi connectivity index (χ2v) is 5.87. The molecule has 0 aromatic heterocycles. The molecule has 0 radical (unpaired) electrons. The fourth-order valence-electron chi connectivity index (χ4n) is 3.00. The van der Waals surface area contributed by atoms with Crippen molar-refractivity contribution in [2.45, 2.75) is 12.3 Å². The molecule has 1 heterocycles. The first kappa shape index (κ1) is 18.5. The highest BCUT2D eigenvalue weighted by Gasteiger charge is 2.27. The number of esters is 1. The summed E-state index contributed by atoms with van der Waals surface area (Å²) in [6, 6.07) is 6.22. The molecule has 0 fully saturated rings. The van der Waals surface area contributed by atoms with Crippen LogP contribution in [0.5, 0.6) is 34.5 Å². The SMILES string of the molecule is COC(=O)CC(c1cc(OC)c(O)c(OC)c1)c1cc2c(cc1O)OCO2. The van der Waals surface area contributed by atoms with E-state index in [1.807, 2.05) is 0 Å². The molecule has 1 aliphatic rings. The molecule has 8 nitrogen and oxygen atoms in total. The second-order valence-electron chi connectivity index (χ2n) is 5.87. The van der Waals surface area contributed by atoms with Gasteiger partial charge in [0.15, 0.2) is 23.0 Å². The van der Waals surface area contributed by atoms with Gasteiger partial charge in [0.25, 0.3) is 0 Å². The zero-order chi connectivity index (χ0) is 19.6. The van der Waals surface area contributed by atoms with Crippen LogP contribution in [0, 0.1) is 0 Å². The van der Waals surface area contributed by atoms with Gasteiger partial charge in [0.2, 0.25) is 12.5 Å². The molecule has 0 bridgehead atoms. The average Bonchev–Trinajstić information content (AvgIpc) is 3.12. The molecule has 0 amide bonds. The molecular formula is C19H20O8. The number of ether oxygens (including phenoxy) is 5. The third-order valence-corrected chi connectivity index (χ3v) is 4.40. The summed E-state index contributed by atoms with van der Waals surface area (Å²) in [6.07, 6.45) is -0.0548. The minimum Gasteiger partial charge on any atom is -0.508 e. The van der Waals surface area contributed by atoms with Crippen LogP contribution in [0.1, 0.15) is 23.5 Å². The van der Waals surface area contributed by atoms with Crippen LogP contribution in [0.4, 0.5) is 0 Å². The number of rotatable bonds is 6. The van der Waals surface area contributed by atoms with Crippen molar-refractivity contribution < 1.29 is 38.7 Å². The van der Waals surface area contributed by atoms with E-state index in [4.69, 9.17) is 23.7 Å². The van der Waals surface area contributed by atoms with Crippen molar-refractivity contribution in [3.8, 4) is 34.5 Å². The quantitative estimate of drug-likeness (QED) is 0.742. The molecule has 2 aromatic rings. The molecule has 0 saturated carbocycles. The minimum absolute atomic E-state index is 0.0548. The number of hydrogen-bond donors (Lipinski definition) is 2. The number of phenolic OH excluding ortho intramolecular Hbond substituents is 2. The number of fused-ring (bicyclic) bond motifs is 1. The van der Waals surface area contributed by atoms with E-state index in [0.29, 0.717) is 22.6 Å². The summed E-state index contributed by atoms with van der Waals surface area (Å²) in [6.45, 7) is 0.0563. The van der Waals surface area contributed by atoms with E-state index in [2.05, 4.69) is 0 Å². The molecule has 1 atom stereocenters. The maximum absolute atomic E-state index is 12.0. The molecule has 1 aliphatic heterocycles. The van der Waals surface area contributed by atoms with E-state index < -0.39 is 11.9 Å². The molecule has 0 saturated heterocycles. The highest BCUT2D eigenvalue weighted by atomic mass is 16.7. The highest BCUT2D eigenvalue weighted by Crippen LogP contribution is 2.46. The molecule has 0 aliphatic carbocycles. The third kappa shape index (κ3) is 3.51. The largest absolute Gasteiger partial charge is 0.508 e. The Morgan fingerprint density at radius 2 is 1.63 bits per heavy atom. The summed E-state index contributed by atoms with van der Waals surface area (Å²) in [4.78, 5) is 12.0. The molecule has 27 heavy (non-hydrogen) atoms. The van der Waals surface area contributed by atoms with Gasteiger partial charge in [-0.05, 0) is 23.8 Å². The Labute approximate surface area is 155 Å². The van der Waals surface area contributed by atoms with Crippen LogP contribution in [0.2, 0.25) is 0 Å². The fraction of sp³-hybridized carbons (Fsp3) is 0.316. The van der Waals surface area contributed by atoms with Gasteiger partial charge >= 0.3 is 5.97 Å². The van der Waals surface area contributed by atoms with Crippen molar-refractivity contribution in [3.63, 3.8) is 0 Å². The maximum Gasteiger partial charge on any atom is 0.306 e. The standard InChI is InChI=1S/C19H20O8/c1-23-16-4-10(5-17(24-2)19(16)22)11(7-18(21)25-3)12-6-14-15(8-13(12)20)27-9-26-14/h4-6,8,11,20,22H,7,9H2,1-3H3. The summed E-state index contributed by atoms with van der Waals surface area (Å²) in [5, 5.41) is 20.6. The molecule has 1 unspecified atom stereocenters. The van der Waals surface area contributed by atoms with Gasteiger partial charge < -0.3 is 33.9 Å². The Morgan fingerprint density at radius 1 is 1.04 bits per heavy atom. The summed E-state index contributed by atoms with van der Waals surface area (Å²) in [5.74, 6) is -0.0312. The number of carbonyl (C=O) groups excluding carboxylic acids is 1. The van der Waals surface area contributed by atoms with Crippen molar-refractivity contribution in [2.24, 2.45) is 0 Å². The zero-order valence-electron chi connectivity index (χ0n) is 15.1. The van der Waals surface area contributed by atoms with Gasteiger partial charge in [-0.2, -0.15) is 0 Å². The maximum atomic E-state index is 12.0. The summed E-state index contributed by atoms with van der Waals surface area (Å²) < 4.78 is 25.8. The first-order valence-corrected chi connectivity index (χ1v) is 8.12. The van der Waals surface area contributed by atoms with Gasteiger partial charge in [-0.3, -0.25) is 4.79 Å². The van der Waals surface area contributed by atoms with Gasteiger partial charge in [-0.1, -0.05) is 0 Å². The third-order valence-electron chi connectivity index (χ3n) is 4.40. The van der Waals surface area contributed by atoms with E-state index in [0.717, 1.165) is 0 Å². The zero-order valence-corrected chi connectivity index (χ0v) is 15.1. The van der Waals surface area contributed by atoms with Crippen LogP contribution >= 0.6 is 0 Å². The number of carbonyl (C=O) groups is 1. The van der Waals surface area contributed by atoms with Crippen molar-refractivity contribution in [1.82, 2.24) is 0 Å². The lowest BCUT2D eigenvalue weighted by Crippen LogP contribution is -2.11. The topological polar surface area (TPSA) is 104 Å². The van der Waals surface area contributed by atoms with Gasteiger partial charge in [-0.15, -0.1) is 0 Å². The number of phenols is 2. The van der Waals surface area contributed by atoms with E-state index in [-0.39, 0.29) is 36.2 Å². The molecule has 2 N–H and O–H groups in total. The van der Waals surface area contributed by atoms with Gasteiger partial charge in [-0.25, -0.2) is 0 Å². The minimum atomic E-state index is -0.602. The molecule has 8 heteroatoms. The number of methoxy groups -OCH3 is 3. The first-order valence-electron chi connectivity index (χ1n) is 8.12. The predicted octanol–water partition coefficient (Wildman–Crippen LogP) is 2.54. The lowest BCUT2D eigenvalue weighted by atomic mass is 9.87.